The molecule has 1 unspecified atom stereocenters. The van der Waals surface area contributed by atoms with E-state index in [4.69, 9.17) is 0 Å². The SMILES string of the molecule is Cc1nn(-c2ccccc2)c(C)c1CN(C)CC(=O)NC(C)c1ccc(F)cc1. The number of aromatic nitrogens is 2. The van der Waals surface area contributed by atoms with E-state index >= 15 is 0 Å². The number of nitrogens with zero attached hydrogens (tertiary/aromatic N) is 3. The number of para-hydroxylation sites is 1. The lowest BCUT2D eigenvalue weighted by Gasteiger charge is -2.19. The minimum absolute atomic E-state index is 0.0740. The van der Waals surface area contributed by atoms with Crippen LogP contribution in [0.25, 0.3) is 5.69 Å². The second-order valence-corrected chi connectivity index (χ2v) is 7.41. The highest BCUT2D eigenvalue weighted by Crippen LogP contribution is 2.19. The zero-order chi connectivity index (χ0) is 21.0. The second kappa shape index (κ2) is 9.01. The van der Waals surface area contributed by atoms with E-state index in [9.17, 15) is 9.18 Å². The molecule has 1 N–H and O–H groups in total. The molecule has 2 aromatic carbocycles. The minimum atomic E-state index is -0.284. The van der Waals surface area contributed by atoms with Crippen LogP contribution in [-0.2, 0) is 11.3 Å². The number of benzene rings is 2. The maximum Gasteiger partial charge on any atom is 0.234 e. The van der Waals surface area contributed by atoms with Crippen LogP contribution in [0.4, 0.5) is 4.39 Å². The van der Waals surface area contributed by atoms with Crippen LogP contribution in [0.15, 0.2) is 54.6 Å². The first kappa shape index (κ1) is 20.7. The van der Waals surface area contributed by atoms with Gasteiger partial charge in [-0.1, -0.05) is 30.3 Å². The van der Waals surface area contributed by atoms with Gasteiger partial charge in [-0.2, -0.15) is 5.10 Å². The van der Waals surface area contributed by atoms with E-state index in [1.807, 2.05) is 67.7 Å². The van der Waals surface area contributed by atoms with E-state index in [2.05, 4.69) is 10.4 Å². The highest BCUT2D eigenvalue weighted by molar-refractivity contribution is 5.78. The Labute approximate surface area is 171 Å². The monoisotopic (exact) mass is 394 g/mol. The molecule has 5 nitrogen and oxygen atoms in total. The van der Waals surface area contributed by atoms with Gasteiger partial charge in [-0.25, -0.2) is 9.07 Å². The summed E-state index contributed by atoms with van der Waals surface area (Å²) in [5, 5.41) is 7.64. The molecule has 1 atom stereocenters. The predicted octanol–water partition coefficient (Wildman–Crippen LogP) is 3.94. The summed E-state index contributed by atoms with van der Waals surface area (Å²) >= 11 is 0. The van der Waals surface area contributed by atoms with Gasteiger partial charge in [0.2, 0.25) is 5.91 Å². The quantitative estimate of drug-likeness (QED) is 0.660. The highest BCUT2D eigenvalue weighted by Gasteiger charge is 2.17. The smallest absolute Gasteiger partial charge is 0.234 e. The molecule has 1 aromatic heterocycles. The van der Waals surface area contributed by atoms with Crippen molar-refractivity contribution >= 4 is 5.91 Å². The normalized spacial score (nSPS) is 12.2. The van der Waals surface area contributed by atoms with Gasteiger partial charge >= 0.3 is 0 Å². The van der Waals surface area contributed by atoms with Crippen molar-refractivity contribution < 1.29 is 9.18 Å². The van der Waals surface area contributed by atoms with E-state index < -0.39 is 0 Å². The van der Waals surface area contributed by atoms with E-state index in [0.29, 0.717) is 6.54 Å². The molecular formula is C23H27FN4O. The van der Waals surface area contributed by atoms with Gasteiger partial charge < -0.3 is 5.32 Å². The molecule has 0 aliphatic heterocycles. The molecule has 0 spiro atoms. The lowest BCUT2D eigenvalue weighted by molar-refractivity contribution is -0.122. The Kier molecular flexibility index (Phi) is 6.44. The molecular weight excluding hydrogens is 367 g/mol. The van der Waals surface area contributed by atoms with Crippen LogP contribution in [-0.4, -0.2) is 34.2 Å². The molecule has 6 heteroatoms. The predicted molar refractivity (Wildman–Crippen MR) is 112 cm³/mol. The number of hydrogen-bond donors (Lipinski definition) is 1. The van der Waals surface area contributed by atoms with Gasteiger partial charge in [0, 0.05) is 17.8 Å². The Morgan fingerprint density at radius 1 is 1.14 bits per heavy atom. The van der Waals surface area contributed by atoms with Crippen LogP contribution < -0.4 is 5.32 Å². The Morgan fingerprint density at radius 2 is 1.79 bits per heavy atom. The maximum atomic E-state index is 13.1. The van der Waals surface area contributed by atoms with Crippen LogP contribution in [0.5, 0.6) is 0 Å². The van der Waals surface area contributed by atoms with Crippen molar-refractivity contribution in [3.05, 3.63) is 82.9 Å². The summed E-state index contributed by atoms with van der Waals surface area (Å²) in [5.41, 5.74) is 5.04. The van der Waals surface area contributed by atoms with Crippen LogP contribution >= 0.6 is 0 Å². The van der Waals surface area contributed by atoms with Crippen molar-refractivity contribution in [1.82, 2.24) is 20.0 Å². The third-order valence-electron chi connectivity index (χ3n) is 5.03. The number of rotatable bonds is 7. The first-order valence-electron chi connectivity index (χ1n) is 9.69. The number of likely N-dealkylation sites (N-methyl/N-ethyl adjacent to an activating group) is 1. The van der Waals surface area contributed by atoms with Gasteiger partial charge in [-0.05, 0) is 57.6 Å². The van der Waals surface area contributed by atoms with Crippen LogP contribution in [0, 0.1) is 19.7 Å². The molecule has 152 valence electrons. The van der Waals surface area contributed by atoms with Crippen molar-refractivity contribution in [2.75, 3.05) is 13.6 Å². The van der Waals surface area contributed by atoms with Crippen molar-refractivity contribution in [3.63, 3.8) is 0 Å². The number of nitrogens with one attached hydrogen (secondary N) is 1. The summed E-state index contributed by atoms with van der Waals surface area (Å²) < 4.78 is 15.0. The Balaban J connectivity index is 1.62. The topological polar surface area (TPSA) is 50.2 Å². The molecule has 0 aliphatic carbocycles. The van der Waals surface area contributed by atoms with Crippen molar-refractivity contribution in [2.24, 2.45) is 0 Å². The second-order valence-electron chi connectivity index (χ2n) is 7.41. The van der Waals surface area contributed by atoms with Gasteiger partial charge in [-0.3, -0.25) is 9.69 Å². The number of hydrogen-bond acceptors (Lipinski definition) is 3. The van der Waals surface area contributed by atoms with E-state index in [-0.39, 0.29) is 24.3 Å². The van der Waals surface area contributed by atoms with E-state index in [1.54, 1.807) is 12.1 Å². The molecule has 0 aliphatic rings. The molecule has 1 amide bonds. The van der Waals surface area contributed by atoms with Gasteiger partial charge in [0.25, 0.3) is 0 Å². The molecule has 0 saturated carbocycles. The molecule has 1 heterocycles. The molecule has 3 aromatic rings. The van der Waals surface area contributed by atoms with E-state index in [0.717, 1.165) is 28.2 Å². The Bertz CT molecular complexity index is 967. The molecule has 29 heavy (non-hydrogen) atoms. The molecule has 0 bridgehead atoms. The average Bonchev–Trinajstić information content (AvgIpc) is 2.97. The fourth-order valence-corrected chi connectivity index (χ4v) is 3.42. The minimum Gasteiger partial charge on any atom is -0.348 e. The largest absolute Gasteiger partial charge is 0.348 e. The summed E-state index contributed by atoms with van der Waals surface area (Å²) in [4.78, 5) is 14.4. The van der Waals surface area contributed by atoms with Crippen molar-refractivity contribution in [1.29, 1.82) is 0 Å². The van der Waals surface area contributed by atoms with Gasteiger partial charge in [0.15, 0.2) is 0 Å². The fraction of sp³-hybridized carbons (Fsp3) is 0.304. The molecule has 0 radical (unpaired) electrons. The molecule has 3 rings (SSSR count). The zero-order valence-corrected chi connectivity index (χ0v) is 17.3. The molecule has 0 saturated heterocycles. The Hall–Kier alpha value is -2.99. The number of carbonyl (C=O) groups excluding carboxylic acids is 1. The van der Waals surface area contributed by atoms with Gasteiger partial charge in [0.1, 0.15) is 5.82 Å². The summed E-state index contributed by atoms with van der Waals surface area (Å²) in [7, 11) is 1.92. The maximum absolute atomic E-state index is 13.1. The first-order chi connectivity index (χ1) is 13.8. The summed E-state index contributed by atoms with van der Waals surface area (Å²) in [6, 6.07) is 16.0. The number of carbonyl (C=O) groups is 1. The third kappa shape index (κ3) is 5.09. The first-order valence-corrected chi connectivity index (χ1v) is 9.69. The van der Waals surface area contributed by atoms with Crippen LogP contribution in [0.2, 0.25) is 0 Å². The van der Waals surface area contributed by atoms with E-state index in [1.165, 1.54) is 12.1 Å². The number of halogens is 1. The lowest BCUT2D eigenvalue weighted by atomic mass is 10.1. The van der Waals surface area contributed by atoms with Gasteiger partial charge in [0.05, 0.1) is 24.0 Å². The highest BCUT2D eigenvalue weighted by atomic mass is 19.1. The number of aryl methyl sites for hydroxylation is 1. The fourth-order valence-electron chi connectivity index (χ4n) is 3.42. The third-order valence-corrected chi connectivity index (χ3v) is 5.03. The summed E-state index contributed by atoms with van der Waals surface area (Å²) in [6.07, 6.45) is 0. The van der Waals surface area contributed by atoms with Crippen LogP contribution in [0.3, 0.4) is 0 Å². The summed E-state index contributed by atoms with van der Waals surface area (Å²) in [5.74, 6) is -0.358. The average molecular weight is 394 g/mol. The van der Waals surface area contributed by atoms with Crippen molar-refractivity contribution in [3.8, 4) is 5.69 Å². The lowest BCUT2D eigenvalue weighted by Crippen LogP contribution is -2.36. The number of amides is 1. The zero-order valence-electron chi connectivity index (χ0n) is 17.3. The van der Waals surface area contributed by atoms with Gasteiger partial charge in [-0.15, -0.1) is 0 Å². The summed E-state index contributed by atoms with van der Waals surface area (Å²) in [6.45, 7) is 6.83. The van der Waals surface area contributed by atoms with Crippen molar-refractivity contribution in [2.45, 2.75) is 33.4 Å². The molecule has 0 fully saturated rings. The standard InChI is InChI=1S/C23H27FN4O/c1-16(19-10-12-20(24)13-11-19)25-23(29)15-27(4)14-22-17(2)26-28(18(22)3)21-8-6-5-7-9-21/h5-13,16H,14-15H2,1-4H3,(H,25,29). The Morgan fingerprint density at radius 3 is 2.45 bits per heavy atom. The van der Waals surface area contributed by atoms with Crippen LogP contribution in [0.1, 0.15) is 35.5 Å².